The number of piperidine rings is 1. The van der Waals surface area contributed by atoms with Crippen molar-refractivity contribution in [1.82, 2.24) is 10.2 Å². The van der Waals surface area contributed by atoms with Crippen LogP contribution in [0.2, 0.25) is 0 Å². The van der Waals surface area contributed by atoms with E-state index in [1.807, 2.05) is 12.1 Å². The fourth-order valence-electron chi connectivity index (χ4n) is 3.80. The number of fused-ring (bicyclic) bond motifs is 1. The quantitative estimate of drug-likeness (QED) is 0.900. The minimum absolute atomic E-state index is 0. The maximum absolute atomic E-state index is 12.9. The summed E-state index contributed by atoms with van der Waals surface area (Å²) in [6.45, 7) is 3.08. The predicted octanol–water partition coefficient (Wildman–Crippen LogP) is 2.50. The fraction of sp³-hybridized carbons (Fsp3) is 0.588. The van der Waals surface area contributed by atoms with Crippen LogP contribution >= 0.6 is 12.4 Å². The summed E-state index contributed by atoms with van der Waals surface area (Å²) in [7, 11) is 0. The minimum atomic E-state index is 0. The molecule has 1 N–H and O–H groups in total. The Morgan fingerprint density at radius 2 is 1.91 bits per heavy atom. The molecule has 1 atom stereocenters. The van der Waals surface area contributed by atoms with E-state index in [-0.39, 0.29) is 24.4 Å². The lowest BCUT2D eigenvalue weighted by molar-refractivity contribution is -0.137. The van der Waals surface area contributed by atoms with Gasteiger partial charge in [-0.1, -0.05) is 6.07 Å². The summed E-state index contributed by atoms with van der Waals surface area (Å²) in [5, 5.41) is 3.33. The second kappa shape index (κ2) is 6.97. The first-order valence-electron chi connectivity index (χ1n) is 8.23. The number of hydrogen-bond donors (Lipinski definition) is 1. The number of amides is 1. The number of halogens is 1. The molecule has 4 rings (SSSR count). The molecule has 0 saturated carbocycles. The van der Waals surface area contributed by atoms with Crippen LogP contribution in [0.5, 0.6) is 11.5 Å². The van der Waals surface area contributed by atoms with Gasteiger partial charge in [-0.3, -0.25) is 4.79 Å². The van der Waals surface area contributed by atoms with Crippen LogP contribution in [-0.2, 0) is 4.79 Å². The smallest absolute Gasteiger partial charge is 0.231 e. The van der Waals surface area contributed by atoms with Crippen molar-refractivity contribution in [3.05, 3.63) is 23.8 Å². The normalized spacial score (nSPS) is 23.7. The first-order valence-corrected chi connectivity index (χ1v) is 8.23. The van der Waals surface area contributed by atoms with Gasteiger partial charge in [0.25, 0.3) is 0 Å². The van der Waals surface area contributed by atoms with Crippen molar-refractivity contribution in [1.29, 1.82) is 0 Å². The molecule has 1 amide bonds. The second-order valence-electron chi connectivity index (χ2n) is 6.33. The molecule has 2 fully saturated rings. The summed E-state index contributed by atoms with van der Waals surface area (Å²) in [4.78, 5) is 15.0. The Morgan fingerprint density at radius 3 is 2.74 bits per heavy atom. The van der Waals surface area contributed by atoms with Gasteiger partial charge in [0.15, 0.2) is 11.5 Å². The van der Waals surface area contributed by atoms with Crippen molar-refractivity contribution in [3.63, 3.8) is 0 Å². The molecule has 3 aliphatic heterocycles. The van der Waals surface area contributed by atoms with Gasteiger partial charge in [0.1, 0.15) is 0 Å². The monoisotopic (exact) mass is 338 g/mol. The fourth-order valence-corrected chi connectivity index (χ4v) is 3.80. The van der Waals surface area contributed by atoms with E-state index in [0.29, 0.717) is 12.7 Å². The van der Waals surface area contributed by atoms with Gasteiger partial charge >= 0.3 is 0 Å². The molecule has 1 aromatic rings. The van der Waals surface area contributed by atoms with Crippen LogP contribution in [0.3, 0.4) is 0 Å². The molecule has 0 radical (unpaired) electrons. The summed E-state index contributed by atoms with van der Waals surface area (Å²) in [6, 6.07) is 6.27. The lowest BCUT2D eigenvalue weighted by atomic mass is 9.95. The summed E-state index contributed by atoms with van der Waals surface area (Å²) >= 11 is 0. The van der Waals surface area contributed by atoms with Crippen LogP contribution in [0.1, 0.15) is 37.3 Å². The Kier molecular flexibility index (Phi) is 4.97. The average molecular weight is 339 g/mol. The highest BCUT2D eigenvalue weighted by Crippen LogP contribution is 2.39. The van der Waals surface area contributed by atoms with Crippen molar-refractivity contribution in [3.8, 4) is 11.5 Å². The number of hydrogen-bond acceptors (Lipinski definition) is 4. The van der Waals surface area contributed by atoms with Crippen molar-refractivity contribution in [2.24, 2.45) is 5.92 Å². The van der Waals surface area contributed by atoms with Crippen LogP contribution in [0, 0.1) is 5.92 Å². The zero-order valence-electron chi connectivity index (χ0n) is 13.1. The van der Waals surface area contributed by atoms with Gasteiger partial charge in [0.2, 0.25) is 12.7 Å². The van der Waals surface area contributed by atoms with Crippen LogP contribution in [-0.4, -0.2) is 37.2 Å². The molecule has 0 bridgehead atoms. The van der Waals surface area contributed by atoms with Crippen LogP contribution in [0.4, 0.5) is 0 Å². The summed E-state index contributed by atoms with van der Waals surface area (Å²) in [6.07, 6.45) is 4.04. The molecular formula is C17H23ClN2O3. The van der Waals surface area contributed by atoms with E-state index < -0.39 is 0 Å². The number of carbonyl (C=O) groups excluding carboxylic acids is 1. The van der Waals surface area contributed by atoms with Gasteiger partial charge < -0.3 is 19.7 Å². The van der Waals surface area contributed by atoms with Gasteiger partial charge in [0, 0.05) is 12.5 Å². The molecule has 0 aliphatic carbocycles. The van der Waals surface area contributed by atoms with Gasteiger partial charge in [-0.2, -0.15) is 0 Å². The van der Waals surface area contributed by atoms with Gasteiger partial charge in [-0.15, -0.1) is 12.4 Å². The standard InChI is InChI=1S/C17H22N2O3.ClH/c20-17(12-5-7-18-8-6-12)19-9-1-2-14(19)13-3-4-15-16(10-13)22-11-21-15;/h3-4,10,12,14,18H,1-2,5-9,11H2;1H. The highest BCUT2D eigenvalue weighted by molar-refractivity contribution is 5.85. The number of benzene rings is 1. The number of carbonyl (C=O) groups is 1. The Bertz CT molecular complexity index is 575. The van der Waals surface area contributed by atoms with Crippen molar-refractivity contribution in [2.75, 3.05) is 26.4 Å². The van der Waals surface area contributed by atoms with E-state index in [9.17, 15) is 4.79 Å². The van der Waals surface area contributed by atoms with Crippen LogP contribution < -0.4 is 14.8 Å². The average Bonchev–Trinajstić information content (AvgIpc) is 3.23. The Labute approximate surface area is 142 Å². The van der Waals surface area contributed by atoms with E-state index in [4.69, 9.17) is 9.47 Å². The van der Waals surface area contributed by atoms with E-state index in [1.165, 1.54) is 5.56 Å². The molecule has 2 saturated heterocycles. The predicted molar refractivity (Wildman–Crippen MR) is 89.1 cm³/mol. The van der Waals surface area contributed by atoms with Crippen molar-refractivity contribution >= 4 is 18.3 Å². The summed E-state index contributed by atoms with van der Waals surface area (Å²) in [5.41, 5.74) is 1.17. The Balaban J connectivity index is 0.00000156. The molecule has 23 heavy (non-hydrogen) atoms. The molecule has 1 aromatic carbocycles. The zero-order valence-corrected chi connectivity index (χ0v) is 13.9. The first kappa shape index (κ1) is 16.4. The third-order valence-electron chi connectivity index (χ3n) is 5.01. The Morgan fingerprint density at radius 1 is 1.13 bits per heavy atom. The largest absolute Gasteiger partial charge is 0.454 e. The highest BCUT2D eigenvalue weighted by Gasteiger charge is 2.34. The number of ether oxygens (including phenoxy) is 2. The molecule has 126 valence electrons. The second-order valence-corrected chi connectivity index (χ2v) is 6.33. The zero-order chi connectivity index (χ0) is 14.9. The third kappa shape index (κ3) is 3.12. The summed E-state index contributed by atoms with van der Waals surface area (Å²) < 4.78 is 10.9. The molecule has 6 heteroatoms. The molecule has 0 aromatic heterocycles. The third-order valence-corrected chi connectivity index (χ3v) is 5.01. The van der Waals surface area contributed by atoms with Gasteiger partial charge in [0.05, 0.1) is 6.04 Å². The molecule has 5 nitrogen and oxygen atoms in total. The molecule has 0 spiro atoms. The topological polar surface area (TPSA) is 50.8 Å². The summed E-state index contributed by atoms with van der Waals surface area (Å²) in [5.74, 6) is 2.13. The lowest BCUT2D eigenvalue weighted by Crippen LogP contribution is -2.40. The maximum Gasteiger partial charge on any atom is 0.231 e. The molecular weight excluding hydrogens is 316 g/mol. The van der Waals surface area contributed by atoms with Gasteiger partial charge in [-0.25, -0.2) is 0 Å². The SMILES string of the molecule is Cl.O=C(C1CCNCC1)N1CCCC1c1ccc2c(c1)OCO2. The highest BCUT2D eigenvalue weighted by atomic mass is 35.5. The van der Waals surface area contributed by atoms with Crippen LogP contribution in [0.15, 0.2) is 18.2 Å². The minimum Gasteiger partial charge on any atom is -0.454 e. The van der Waals surface area contributed by atoms with E-state index in [1.54, 1.807) is 0 Å². The first-order chi connectivity index (χ1) is 10.8. The molecule has 3 heterocycles. The maximum atomic E-state index is 12.9. The number of rotatable bonds is 2. The van der Waals surface area contributed by atoms with E-state index >= 15 is 0 Å². The number of likely N-dealkylation sites (tertiary alicyclic amines) is 1. The van der Waals surface area contributed by atoms with E-state index in [0.717, 1.165) is 56.8 Å². The van der Waals surface area contributed by atoms with E-state index in [2.05, 4.69) is 16.3 Å². The number of nitrogens with zero attached hydrogens (tertiary/aromatic N) is 1. The Hall–Kier alpha value is -1.46. The van der Waals surface area contributed by atoms with Crippen molar-refractivity contribution in [2.45, 2.75) is 31.7 Å². The van der Waals surface area contributed by atoms with Crippen LogP contribution in [0.25, 0.3) is 0 Å². The van der Waals surface area contributed by atoms with Gasteiger partial charge in [-0.05, 0) is 56.5 Å². The molecule has 3 aliphatic rings. The molecule has 1 unspecified atom stereocenters. The van der Waals surface area contributed by atoms with Crippen molar-refractivity contribution < 1.29 is 14.3 Å². The number of nitrogens with one attached hydrogen (secondary N) is 1. The lowest BCUT2D eigenvalue weighted by Gasteiger charge is -2.31.